The SMILES string of the molecule is CNCNc1nc(NC)nc(NC)n1. The molecule has 0 aliphatic rings. The van der Waals surface area contributed by atoms with Crippen LogP contribution in [0.25, 0.3) is 0 Å². The summed E-state index contributed by atoms with van der Waals surface area (Å²) in [6.45, 7) is 0.607. The van der Waals surface area contributed by atoms with Crippen LogP contribution in [0.15, 0.2) is 0 Å². The van der Waals surface area contributed by atoms with Gasteiger partial charge in [0.2, 0.25) is 17.8 Å². The van der Waals surface area contributed by atoms with Gasteiger partial charge in [0.05, 0.1) is 6.67 Å². The summed E-state index contributed by atoms with van der Waals surface area (Å²) in [5, 5.41) is 11.6. The average molecular weight is 197 g/mol. The van der Waals surface area contributed by atoms with Gasteiger partial charge in [-0.1, -0.05) is 0 Å². The summed E-state index contributed by atoms with van der Waals surface area (Å²) in [5.74, 6) is 1.59. The molecular formula is C7H15N7. The van der Waals surface area contributed by atoms with Gasteiger partial charge in [-0.2, -0.15) is 15.0 Å². The zero-order valence-electron chi connectivity index (χ0n) is 8.55. The van der Waals surface area contributed by atoms with Gasteiger partial charge in [0.15, 0.2) is 0 Å². The topological polar surface area (TPSA) is 86.8 Å². The Hall–Kier alpha value is -1.63. The molecule has 0 atom stereocenters. The third kappa shape index (κ3) is 2.70. The van der Waals surface area contributed by atoms with E-state index in [9.17, 15) is 0 Å². The molecule has 0 aliphatic carbocycles. The largest absolute Gasteiger partial charge is 0.357 e. The Morgan fingerprint density at radius 3 is 1.79 bits per heavy atom. The Kier molecular flexibility index (Phi) is 3.86. The highest BCUT2D eigenvalue weighted by molar-refractivity contribution is 5.41. The molecule has 0 aromatic carbocycles. The lowest BCUT2D eigenvalue weighted by atomic mass is 10.8. The Morgan fingerprint density at radius 2 is 1.36 bits per heavy atom. The van der Waals surface area contributed by atoms with Crippen molar-refractivity contribution in [1.82, 2.24) is 20.3 Å². The molecule has 0 fully saturated rings. The van der Waals surface area contributed by atoms with E-state index >= 15 is 0 Å². The van der Waals surface area contributed by atoms with E-state index in [1.807, 2.05) is 7.05 Å². The first kappa shape index (κ1) is 10.5. The standard InChI is InChI=1S/C7H15N7/c1-8-4-11-7-13-5(9-2)12-6(10-3)14-7/h8H,4H2,1-3H3,(H3,9,10,11,12,13,14). The van der Waals surface area contributed by atoms with Crippen molar-refractivity contribution in [2.24, 2.45) is 0 Å². The summed E-state index contributed by atoms with van der Waals surface area (Å²) in [6.07, 6.45) is 0. The van der Waals surface area contributed by atoms with E-state index in [2.05, 4.69) is 36.2 Å². The van der Waals surface area contributed by atoms with Gasteiger partial charge in [-0.25, -0.2) is 0 Å². The molecule has 1 aromatic rings. The monoisotopic (exact) mass is 197 g/mol. The maximum atomic E-state index is 4.11. The lowest BCUT2D eigenvalue weighted by molar-refractivity contribution is 0.856. The highest BCUT2D eigenvalue weighted by Gasteiger charge is 2.02. The van der Waals surface area contributed by atoms with E-state index in [-0.39, 0.29) is 0 Å². The van der Waals surface area contributed by atoms with E-state index in [1.54, 1.807) is 14.1 Å². The van der Waals surface area contributed by atoms with E-state index in [4.69, 9.17) is 0 Å². The second-order valence-electron chi connectivity index (χ2n) is 2.51. The van der Waals surface area contributed by atoms with E-state index in [0.717, 1.165) is 0 Å². The van der Waals surface area contributed by atoms with Crippen LogP contribution >= 0.6 is 0 Å². The molecule has 1 rings (SSSR count). The van der Waals surface area contributed by atoms with Crippen molar-refractivity contribution in [1.29, 1.82) is 0 Å². The molecule has 78 valence electrons. The van der Waals surface area contributed by atoms with E-state index in [0.29, 0.717) is 24.5 Å². The minimum atomic E-state index is 0.531. The fourth-order valence-electron chi connectivity index (χ4n) is 0.846. The summed E-state index contributed by atoms with van der Waals surface area (Å²) in [6, 6.07) is 0. The molecule has 0 aliphatic heterocycles. The second-order valence-corrected chi connectivity index (χ2v) is 2.51. The number of anilines is 3. The number of aromatic nitrogens is 3. The van der Waals surface area contributed by atoms with Crippen LogP contribution in [0.3, 0.4) is 0 Å². The quantitative estimate of drug-likeness (QED) is 0.475. The maximum Gasteiger partial charge on any atom is 0.230 e. The Balaban J connectivity index is 2.81. The number of rotatable bonds is 5. The first-order valence-corrected chi connectivity index (χ1v) is 4.30. The van der Waals surface area contributed by atoms with Gasteiger partial charge in [0.25, 0.3) is 0 Å². The van der Waals surface area contributed by atoms with E-state index < -0.39 is 0 Å². The minimum Gasteiger partial charge on any atom is -0.357 e. The van der Waals surface area contributed by atoms with Gasteiger partial charge in [0.1, 0.15) is 0 Å². The van der Waals surface area contributed by atoms with Crippen LogP contribution in [0.5, 0.6) is 0 Å². The predicted molar refractivity (Wildman–Crippen MR) is 56.5 cm³/mol. The highest BCUT2D eigenvalue weighted by atomic mass is 15.3. The van der Waals surface area contributed by atoms with Crippen LogP contribution in [0.2, 0.25) is 0 Å². The van der Waals surface area contributed by atoms with Crippen molar-refractivity contribution in [3.05, 3.63) is 0 Å². The van der Waals surface area contributed by atoms with Crippen LogP contribution < -0.4 is 21.3 Å². The maximum absolute atomic E-state index is 4.11. The molecule has 7 heteroatoms. The summed E-state index contributed by atoms with van der Waals surface area (Å²) in [7, 11) is 5.36. The lowest BCUT2D eigenvalue weighted by Gasteiger charge is -2.07. The fourth-order valence-corrected chi connectivity index (χ4v) is 0.846. The van der Waals surface area contributed by atoms with Gasteiger partial charge in [0, 0.05) is 14.1 Å². The molecule has 14 heavy (non-hydrogen) atoms. The van der Waals surface area contributed by atoms with Crippen LogP contribution in [0, 0.1) is 0 Å². The molecular weight excluding hydrogens is 182 g/mol. The summed E-state index contributed by atoms with van der Waals surface area (Å²) in [5.41, 5.74) is 0. The van der Waals surface area contributed by atoms with Crippen LogP contribution in [0.1, 0.15) is 0 Å². The first-order chi connectivity index (χ1) is 6.80. The fraction of sp³-hybridized carbons (Fsp3) is 0.571. The Bertz CT molecular complexity index is 265. The summed E-state index contributed by atoms with van der Waals surface area (Å²) in [4.78, 5) is 12.3. The molecule has 4 N–H and O–H groups in total. The second kappa shape index (κ2) is 5.18. The van der Waals surface area contributed by atoms with Crippen molar-refractivity contribution < 1.29 is 0 Å². The smallest absolute Gasteiger partial charge is 0.230 e. The predicted octanol–water partition coefficient (Wildman–Crippen LogP) is -0.456. The molecule has 0 bridgehead atoms. The minimum absolute atomic E-state index is 0.531. The van der Waals surface area contributed by atoms with Crippen molar-refractivity contribution in [3.63, 3.8) is 0 Å². The zero-order chi connectivity index (χ0) is 10.4. The molecule has 1 heterocycles. The van der Waals surface area contributed by atoms with Crippen LogP contribution in [-0.2, 0) is 0 Å². The lowest BCUT2D eigenvalue weighted by Crippen LogP contribution is -2.19. The summed E-state index contributed by atoms with van der Waals surface area (Å²) < 4.78 is 0. The summed E-state index contributed by atoms with van der Waals surface area (Å²) >= 11 is 0. The number of hydrogen-bond acceptors (Lipinski definition) is 7. The molecule has 0 saturated heterocycles. The van der Waals surface area contributed by atoms with Gasteiger partial charge in [-0.05, 0) is 7.05 Å². The third-order valence-corrected chi connectivity index (χ3v) is 1.51. The number of hydrogen-bond donors (Lipinski definition) is 4. The molecule has 1 aromatic heterocycles. The van der Waals surface area contributed by atoms with Crippen molar-refractivity contribution >= 4 is 17.8 Å². The van der Waals surface area contributed by atoms with E-state index in [1.165, 1.54) is 0 Å². The van der Waals surface area contributed by atoms with Crippen LogP contribution in [0.4, 0.5) is 17.8 Å². The highest BCUT2D eigenvalue weighted by Crippen LogP contribution is 2.07. The van der Waals surface area contributed by atoms with Gasteiger partial charge in [-0.15, -0.1) is 0 Å². The number of nitrogens with one attached hydrogen (secondary N) is 4. The molecule has 7 nitrogen and oxygen atoms in total. The molecule has 0 radical (unpaired) electrons. The van der Waals surface area contributed by atoms with Gasteiger partial charge in [-0.3, -0.25) is 0 Å². The number of nitrogens with zero attached hydrogens (tertiary/aromatic N) is 3. The third-order valence-electron chi connectivity index (χ3n) is 1.51. The molecule has 0 saturated carbocycles. The van der Waals surface area contributed by atoms with Crippen molar-refractivity contribution in [2.45, 2.75) is 0 Å². The first-order valence-electron chi connectivity index (χ1n) is 4.30. The normalized spacial score (nSPS) is 9.64. The Labute approximate surface area is 82.7 Å². The van der Waals surface area contributed by atoms with Crippen LogP contribution in [-0.4, -0.2) is 42.8 Å². The zero-order valence-corrected chi connectivity index (χ0v) is 8.55. The van der Waals surface area contributed by atoms with Gasteiger partial charge >= 0.3 is 0 Å². The molecule has 0 amide bonds. The van der Waals surface area contributed by atoms with Gasteiger partial charge < -0.3 is 21.3 Å². The molecule has 0 spiro atoms. The van der Waals surface area contributed by atoms with Crippen molar-refractivity contribution in [2.75, 3.05) is 43.8 Å². The van der Waals surface area contributed by atoms with Crippen molar-refractivity contribution in [3.8, 4) is 0 Å². The average Bonchev–Trinajstić information content (AvgIpc) is 2.25. The molecule has 0 unspecified atom stereocenters. The Morgan fingerprint density at radius 1 is 0.857 bits per heavy atom.